The van der Waals surface area contributed by atoms with E-state index in [0.29, 0.717) is 11.1 Å². The first-order valence-corrected chi connectivity index (χ1v) is 10.7. The van der Waals surface area contributed by atoms with Crippen molar-refractivity contribution in [1.82, 2.24) is 5.01 Å². The van der Waals surface area contributed by atoms with Crippen LogP contribution < -0.4 is 0 Å². The first-order valence-electron chi connectivity index (χ1n) is 7.47. The van der Waals surface area contributed by atoms with Gasteiger partial charge in [0.05, 0.1) is 20.7 Å². The average Bonchev–Trinajstić information content (AvgIpc) is 2.63. The highest BCUT2D eigenvalue weighted by Gasteiger charge is 2.35. The van der Waals surface area contributed by atoms with Gasteiger partial charge in [-0.1, -0.05) is 33.9 Å². The molecule has 0 radical (unpaired) electrons. The molecule has 0 N–H and O–H groups in total. The second-order valence-corrected chi connectivity index (χ2v) is 13.2. The fourth-order valence-electron chi connectivity index (χ4n) is 2.47. The zero-order valence-electron chi connectivity index (χ0n) is 13.9. The molecule has 19 heavy (non-hydrogen) atoms. The topological polar surface area (TPSA) is 24.8 Å². The summed E-state index contributed by atoms with van der Waals surface area (Å²) < 4.78 is 5.29. The van der Waals surface area contributed by atoms with Crippen molar-refractivity contribution in [3.8, 4) is 0 Å². The molecule has 1 saturated heterocycles. The monoisotopic (exact) mass is 284 g/mol. The van der Waals surface area contributed by atoms with Gasteiger partial charge in [-0.05, 0) is 30.8 Å². The maximum absolute atomic E-state index is 5.29. The van der Waals surface area contributed by atoms with Gasteiger partial charge in [-0.3, -0.25) is 5.01 Å². The van der Waals surface area contributed by atoms with Gasteiger partial charge < -0.3 is 4.74 Å². The maximum atomic E-state index is 5.29. The zero-order chi connectivity index (χ0) is 14.7. The van der Waals surface area contributed by atoms with Crippen LogP contribution in [0.5, 0.6) is 0 Å². The zero-order valence-corrected chi connectivity index (χ0v) is 14.9. The van der Waals surface area contributed by atoms with Crippen LogP contribution in [0.1, 0.15) is 40.5 Å². The minimum absolute atomic E-state index is 0.431. The van der Waals surface area contributed by atoms with Crippen molar-refractivity contribution in [2.24, 2.45) is 5.10 Å². The average molecular weight is 285 g/mol. The fraction of sp³-hybridized carbons (Fsp3) is 0.933. The quantitative estimate of drug-likeness (QED) is 0.563. The normalized spacial score (nSPS) is 22.2. The number of nitrogens with zero attached hydrogens (tertiary/aromatic N) is 2. The molecule has 0 spiro atoms. The summed E-state index contributed by atoms with van der Waals surface area (Å²) >= 11 is 0. The van der Waals surface area contributed by atoms with Crippen molar-refractivity contribution in [2.45, 2.75) is 70.8 Å². The number of hydrogen-bond donors (Lipinski definition) is 0. The van der Waals surface area contributed by atoms with Crippen LogP contribution in [0, 0.1) is 0 Å². The Kier molecular flexibility index (Phi) is 5.62. The van der Waals surface area contributed by atoms with Crippen LogP contribution in [0.4, 0.5) is 0 Å². The molecule has 1 rings (SSSR count). The van der Waals surface area contributed by atoms with E-state index in [1.165, 1.54) is 24.6 Å². The van der Waals surface area contributed by atoms with Crippen molar-refractivity contribution >= 4 is 13.8 Å². The summed E-state index contributed by atoms with van der Waals surface area (Å²) in [5, 5.41) is 7.57. The Hall–Kier alpha value is -0.353. The van der Waals surface area contributed by atoms with E-state index in [0.717, 1.165) is 13.2 Å². The summed E-state index contributed by atoms with van der Waals surface area (Å²) in [7, 11) is 0.511. The number of methoxy groups -OCH3 is 1. The van der Waals surface area contributed by atoms with E-state index in [2.05, 4.69) is 45.8 Å². The summed E-state index contributed by atoms with van der Waals surface area (Å²) in [6.45, 7) is 16.1. The Bertz CT molecular complexity index is 321. The first-order chi connectivity index (χ1) is 8.67. The highest BCUT2D eigenvalue weighted by atomic mass is 28.3. The van der Waals surface area contributed by atoms with E-state index >= 15 is 0 Å². The summed E-state index contributed by atoms with van der Waals surface area (Å²) in [6, 6.07) is 1.67. The third kappa shape index (κ3) is 4.60. The van der Waals surface area contributed by atoms with Gasteiger partial charge in [-0.15, -0.1) is 0 Å². The van der Waals surface area contributed by atoms with E-state index in [1.54, 1.807) is 7.11 Å². The smallest absolute Gasteiger partial charge is 0.0704 e. The van der Waals surface area contributed by atoms with Crippen molar-refractivity contribution in [2.75, 3.05) is 20.3 Å². The number of ether oxygens (including phenoxy) is 1. The molecular formula is C15H32N2OSi. The Labute approximate surface area is 120 Å². The van der Waals surface area contributed by atoms with Gasteiger partial charge >= 0.3 is 0 Å². The molecule has 1 atom stereocenters. The minimum atomic E-state index is -1.27. The van der Waals surface area contributed by atoms with Gasteiger partial charge in [0, 0.05) is 19.4 Å². The van der Waals surface area contributed by atoms with E-state index in [-0.39, 0.29) is 0 Å². The SMILES string of the molecule is COC[C@H]1CCCN1/N=C(\C)C[Si](C)(C)C(C)(C)C. The van der Waals surface area contributed by atoms with Gasteiger partial charge in [0.2, 0.25) is 0 Å². The Balaban J connectivity index is 2.67. The van der Waals surface area contributed by atoms with E-state index in [9.17, 15) is 0 Å². The largest absolute Gasteiger partial charge is 0.382 e. The molecular weight excluding hydrogens is 252 g/mol. The fourth-order valence-corrected chi connectivity index (χ4v) is 4.35. The van der Waals surface area contributed by atoms with Gasteiger partial charge in [-0.25, -0.2) is 0 Å². The number of rotatable bonds is 5. The lowest BCUT2D eigenvalue weighted by atomic mass is 10.2. The highest BCUT2D eigenvalue weighted by molar-refractivity contribution is 6.82. The lowest BCUT2D eigenvalue weighted by Crippen LogP contribution is -2.39. The summed E-state index contributed by atoms with van der Waals surface area (Å²) in [5.41, 5.74) is 1.30. The molecule has 112 valence electrons. The van der Waals surface area contributed by atoms with Gasteiger partial charge in [0.25, 0.3) is 0 Å². The molecule has 0 bridgehead atoms. The van der Waals surface area contributed by atoms with Crippen LogP contribution >= 0.6 is 0 Å². The van der Waals surface area contributed by atoms with Crippen LogP contribution in [-0.4, -0.2) is 45.1 Å². The second-order valence-electron chi connectivity index (χ2n) is 7.56. The van der Waals surface area contributed by atoms with Crippen molar-refractivity contribution in [3.63, 3.8) is 0 Å². The molecule has 0 aliphatic carbocycles. The molecule has 0 saturated carbocycles. The Morgan fingerprint density at radius 1 is 1.37 bits per heavy atom. The molecule has 0 unspecified atom stereocenters. The predicted molar refractivity (Wildman–Crippen MR) is 86.7 cm³/mol. The van der Waals surface area contributed by atoms with Crippen LogP contribution in [0.2, 0.25) is 24.2 Å². The second kappa shape index (κ2) is 6.40. The lowest BCUT2D eigenvalue weighted by molar-refractivity contribution is 0.118. The molecule has 1 aliphatic rings. The molecule has 0 aromatic heterocycles. The van der Waals surface area contributed by atoms with E-state index in [1.807, 2.05) is 0 Å². The third-order valence-electron chi connectivity index (χ3n) is 4.73. The van der Waals surface area contributed by atoms with Crippen molar-refractivity contribution < 1.29 is 4.74 Å². The Morgan fingerprint density at radius 2 is 2.00 bits per heavy atom. The highest BCUT2D eigenvalue weighted by Crippen LogP contribution is 2.38. The summed E-state index contributed by atoms with van der Waals surface area (Å²) in [5.74, 6) is 0. The van der Waals surface area contributed by atoms with Crippen molar-refractivity contribution in [1.29, 1.82) is 0 Å². The number of hydrogen-bond acceptors (Lipinski definition) is 3. The van der Waals surface area contributed by atoms with Gasteiger partial charge in [0.1, 0.15) is 0 Å². The molecule has 0 aromatic rings. The number of hydrazone groups is 1. The van der Waals surface area contributed by atoms with E-state index < -0.39 is 8.07 Å². The Morgan fingerprint density at radius 3 is 2.53 bits per heavy atom. The maximum Gasteiger partial charge on any atom is 0.0704 e. The van der Waals surface area contributed by atoms with Crippen molar-refractivity contribution in [3.05, 3.63) is 0 Å². The first kappa shape index (κ1) is 16.7. The van der Waals surface area contributed by atoms with Crippen LogP contribution in [-0.2, 0) is 4.74 Å². The van der Waals surface area contributed by atoms with Crippen LogP contribution in [0.15, 0.2) is 5.10 Å². The van der Waals surface area contributed by atoms with Gasteiger partial charge in [-0.2, -0.15) is 5.10 Å². The van der Waals surface area contributed by atoms with Crippen LogP contribution in [0.3, 0.4) is 0 Å². The lowest BCUT2D eigenvalue weighted by Gasteiger charge is -2.37. The molecule has 0 amide bonds. The van der Waals surface area contributed by atoms with E-state index in [4.69, 9.17) is 9.84 Å². The van der Waals surface area contributed by atoms with Gasteiger partial charge in [0.15, 0.2) is 0 Å². The molecule has 3 nitrogen and oxygen atoms in total. The molecule has 1 aliphatic heterocycles. The molecule has 1 heterocycles. The van der Waals surface area contributed by atoms with Crippen LogP contribution in [0.25, 0.3) is 0 Å². The minimum Gasteiger partial charge on any atom is -0.382 e. The third-order valence-corrected chi connectivity index (χ3v) is 10.2. The standard InChI is InChI=1S/C15H32N2OSi/c1-13(12-19(6,7)15(2,3)4)16-17-10-8-9-14(17)11-18-5/h14H,8-12H2,1-7H3/b16-13+/t14-/m1/s1. The summed E-state index contributed by atoms with van der Waals surface area (Å²) in [6.07, 6.45) is 2.45. The molecule has 0 aromatic carbocycles. The predicted octanol–water partition coefficient (Wildman–Crippen LogP) is 3.98. The summed E-state index contributed by atoms with van der Waals surface area (Å²) in [4.78, 5) is 0. The molecule has 4 heteroatoms. The molecule has 1 fully saturated rings.